The van der Waals surface area contributed by atoms with E-state index in [0.717, 1.165) is 5.56 Å². The molecule has 8 heteroatoms. The molecule has 0 bridgehead atoms. The molecule has 0 saturated heterocycles. The van der Waals surface area contributed by atoms with Gasteiger partial charge in [0.05, 0.1) is 32.2 Å². The van der Waals surface area contributed by atoms with Gasteiger partial charge in [-0.3, -0.25) is 14.5 Å². The number of hydrogen-bond acceptors (Lipinski definition) is 6. The summed E-state index contributed by atoms with van der Waals surface area (Å²) in [5.74, 6) is 5.94. The van der Waals surface area contributed by atoms with E-state index in [1.807, 2.05) is 63.2 Å². The quantitative estimate of drug-likeness (QED) is 0.595. The summed E-state index contributed by atoms with van der Waals surface area (Å²) < 4.78 is 6.28. The Kier molecular flexibility index (Phi) is 9.45. The average molecular weight is 493 g/mol. The summed E-state index contributed by atoms with van der Waals surface area (Å²) in [5.41, 5.74) is 1.87. The monoisotopic (exact) mass is 492 g/mol. The maximum atomic E-state index is 13.5. The van der Waals surface area contributed by atoms with Crippen molar-refractivity contribution >= 4 is 11.8 Å². The number of rotatable bonds is 7. The molecule has 0 radical (unpaired) electrons. The largest absolute Gasteiger partial charge is 0.472 e. The molecule has 1 N–H and O–H groups in total. The number of fused-ring (bicyclic) bond motifs is 1. The van der Waals surface area contributed by atoms with Crippen molar-refractivity contribution in [3.05, 3.63) is 59.3 Å². The Morgan fingerprint density at radius 3 is 2.67 bits per heavy atom. The summed E-state index contributed by atoms with van der Waals surface area (Å²) in [4.78, 5) is 36.1. The van der Waals surface area contributed by atoms with Gasteiger partial charge in [0.25, 0.3) is 5.91 Å². The van der Waals surface area contributed by atoms with E-state index < -0.39 is 6.10 Å². The van der Waals surface area contributed by atoms with Gasteiger partial charge in [0, 0.05) is 31.3 Å². The highest BCUT2D eigenvalue weighted by Crippen LogP contribution is 2.27. The molecule has 8 nitrogen and oxygen atoms in total. The molecule has 36 heavy (non-hydrogen) atoms. The van der Waals surface area contributed by atoms with Crippen molar-refractivity contribution in [3.8, 4) is 17.7 Å². The number of carbonyl (C=O) groups is 2. The fraction of sp³-hybridized carbons (Fsp3) is 0.464. The number of aliphatic hydroxyl groups excluding tert-OH is 1. The first-order chi connectivity index (χ1) is 17.2. The standard InChI is InChI=1S/C28H36N4O4/c1-20-17-32(21(2)19-33)28(35)24-14-23(12-9-13-30(3)4)16-29-27(24)36-25(20)18-31(5)26(34)15-22-10-7-6-8-11-22/h6-8,10-11,14,16,20-21,25,33H,13,15,17-19H2,1-5H3/t20-,21-,25+/m1/s1. The number of pyridine rings is 1. The number of ether oxygens (including phenoxy) is 1. The second-order valence-electron chi connectivity index (χ2n) is 9.68. The van der Waals surface area contributed by atoms with Crippen molar-refractivity contribution in [3.63, 3.8) is 0 Å². The third-order valence-electron chi connectivity index (χ3n) is 6.23. The molecule has 3 atom stereocenters. The first kappa shape index (κ1) is 27.2. The molecule has 1 aliphatic rings. The minimum absolute atomic E-state index is 0.0181. The van der Waals surface area contributed by atoms with Crippen molar-refractivity contribution in [1.29, 1.82) is 0 Å². The van der Waals surface area contributed by atoms with Crippen LogP contribution < -0.4 is 4.74 Å². The molecule has 192 valence electrons. The van der Waals surface area contributed by atoms with Crippen molar-refractivity contribution in [2.45, 2.75) is 32.4 Å². The molecule has 0 saturated carbocycles. The maximum Gasteiger partial charge on any atom is 0.259 e. The number of carbonyl (C=O) groups excluding carboxylic acids is 2. The van der Waals surface area contributed by atoms with Crippen molar-refractivity contribution in [2.75, 3.05) is 47.4 Å². The lowest BCUT2D eigenvalue weighted by Crippen LogP contribution is -2.50. The number of nitrogens with zero attached hydrogens (tertiary/aromatic N) is 4. The van der Waals surface area contributed by atoms with E-state index in [1.165, 1.54) is 0 Å². The van der Waals surface area contributed by atoms with Crippen molar-refractivity contribution in [2.24, 2.45) is 5.92 Å². The summed E-state index contributed by atoms with van der Waals surface area (Å²) in [7, 11) is 5.63. The van der Waals surface area contributed by atoms with Crippen LogP contribution in [0.3, 0.4) is 0 Å². The van der Waals surface area contributed by atoms with Crippen LogP contribution in [-0.4, -0.2) is 96.1 Å². The number of aliphatic hydroxyl groups is 1. The summed E-state index contributed by atoms with van der Waals surface area (Å²) in [6, 6.07) is 10.9. The Labute approximate surface area is 213 Å². The smallest absolute Gasteiger partial charge is 0.259 e. The Hall–Kier alpha value is -3.41. The second kappa shape index (κ2) is 12.5. The number of likely N-dealkylation sites (N-methyl/N-ethyl adjacent to an activating group) is 1. The SMILES string of the molecule is C[C@@H]1CN([C@H](C)CO)C(=O)c2cc(C#CCN(C)C)cnc2O[C@H]1CN(C)C(=O)Cc1ccccc1. The third kappa shape index (κ3) is 7.06. The van der Waals surface area contributed by atoms with Gasteiger partial charge in [0.1, 0.15) is 11.7 Å². The molecule has 2 heterocycles. The topological polar surface area (TPSA) is 86.2 Å². The van der Waals surface area contributed by atoms with Crippen molar-refractivity contribution in [1.82, 2.24) is 19.7 Å². The van der Waals surface area contributed by atoms with Gasteiger partial charge >= 0.3 is 0 Å². The number of hydrogen-bond donors (Lipinski definition) is 1. The van der Waals surface area contributed by atoms with E-state index in [-0.39, 0.29) is 36.3 Å². The number of benzene rings is 1. The van der Waals surface area contributed by atoms with E-state index >= 15 is 0 Å². The summed E-state index contributed by atoms with van der Waals surface area (Å²) >= 11 is 0. The van der Waals surface area contributed by atoms with Crippen LogP contribution in [0.4, 0.5) is 0 Å². The molecule has 0 spiro atoms. The molecule has 3 rings (SSSR count). The van der Waals surface area contributed by atoms with Crippen LogP contribution in [0, 0.1) is 17.8 Å². The molecule has 1 aliphatic heterocycles. The van der Waals surface area contributed by atoms with Gasteiger partial charge < -0.3 is 19.6 Å². The third-order valence-corrected chi connectivity index (χ3v) is 6.23. The molecule has 1 aromatic heterocycles. The van der Waals surface area contributed by atoms with Gasteiger partial charge in [-0.2, -0.15) is 0 Å². The van der Waals surface area contributed by atoms with Crippen LogP contribution in [0.1, 0.15) is 35.3 Å². The van der Waals surface area contributed by atoms with Crippen molar-refractivity contribution < 1.29 is 19.4 Å². The Balaban J connectivity index is 1.87. The molecule has 0 aliphatic carbocycles. The van der Waals surface area contributed by atoms with Gasteiger partial charge in [-0.1, -0.05) is 49.1 Å². The zero-order valence-electron chi connectivity index (χ0n) is 21.8. The summed E-state index contributed by atoms with van der Waals surface area (Å²) in [6.45, 7) is 4.93. The van der Waals surface area contributed by atoms with Gasteiger partial charge in [0.15, 0.2) is 0 Å². The molecular formula is C28H36N4O4. The van der Waals surface area contributed by atoms with E-state index in [1.54, 1.807) is 29.1 Å². The highest BCUT2D eigenvalue weighted by atomic mass is 16.5. The Bertz CT molecular complexity index is 1110. The highest BCUT2D eigenvalue weighted by molar-refractivity contribution is 5.97. The average Bonchev–Trinajstić information content (AvgIpc) is 2.86. The summed E-state index contributed by atoms with van der Waals surface area (Å²) in [6.07, 6.45) is 1.50. The zero-order valence-corrected chi connectivity index (χ0v) is 21.8. The summed E-state index contributed by atoms with van der Waals surface area (Å²) in [5, 5.41) is 9.83. The molecular weight excluding hydrogens is 456 g/mol. The number of aromatic nitrogens is 1. The minimum atomic E-state index is -0.395. The predicted molar refractivity (Wildman–Crippen MR) is 139 cm³/mol. The maximum absolute atomic E-state index is 13.5. The molecule has 2 amide bonds. The molecule has 0 unspecified atom stereocenters. The number of amides is 2. The lowest BCUT2D eigenvalue weighted by atomic mass is 9.99. The predicted octanol–water partition coefficient (Wildman–Crippen LogP) is 1.92. The van der Waals surface area contributed by atoms with E-state index in [9.17, 15) is 14.7 Å². The normalized spacial score (nSPS) is 18.3. The van der Waals surface area contributed by atoms with Crippen LogP contribution in [0.15, 0.2) is 42.6 Å². The van der Waals surface area contributed by atoms with Crippen LogP contribution in [0.25, 0.3) is 0 Å². The minimum Gasteiger partial charge on any atom is -0.472 e. The molecule has 1 aromatic carbocycles. The van der Waals surface area contributed by atoms with Crippen LogP contribution in [0.5, 0.6) is 5.88 Å². The van der Waals surface area contributed by atoms with Crippen LogP contribution >= 0.6 is 0 Å². The van der Waals surface area contributed by atoms with E-state index in [2.05, 4.69) is 16.8 Å². The Morgan fingerprint density at radius 2 is 2.00 bits per heavy atom. The fourth-order valence-corrected chi connectivity index (χ4v) is 3.97. The van der Waals surface area contributed by atoms with E-state index in [4.69, 9.17) is 4.74 Å². The first-order valence-corrected chi connectivity index (χ1v) is 12.2. The fourth-order valence-electron chi connectivity index (χ4n) is 3.97. The molecule has 2 aromatic rings. The highest BCUT2D eigenvalue weighted by Gasteiger charge is 2.34. The lowest BCUT2D eigenvalue weighted by molar-refractivity contribution is -0.130. The van der Waals surface area contributed by atoms with Gasteiger partial charge in [0.2, 0.25) is 11.8 Å². The molecule has 0 fully saturated rings. The van der Waals surface area contributed by atoms with Crippen LogP contribution in [-0.2, 0) is 11.2 Å². The Morgan fingerprint density at radius 1 is 1.28 bits per heavy atom. The second-order valence-corrected chi connectivity index (χ2v) is 9.68. The van der Waals surface area contributed by atoms with Gasteiger partial charge in [-0.05, 0) is 32.6 Å². The van der Waals surface area contributed by atoms with Gasteiger partial charge in [-0.25, -0.2) is 4.98 Å². The van der Waals surface area contributed by atoms with Crippen LogP contribution in [0.2, 0.25) is 0 Å². The first-order valence-electron chi connectivity index (χ1n) is 12.2. The van der Waals surface area contributed by atoms with Gasteiger partial charge in [-0.15, -0.1) is 0 Å². The zero-order chi connectivity index (χ0) is 26.2. The van der Waals surface area contributed by atoms with E-state index in [0.29, 0.717) is 37.2 Å². The lowest BCUT2D eigenvalue weighted by Gasteiger charge is -2.37.